The molecule has 0 N–H and O–H groups in total. The molecule has 3 heteroatoms. The first-order valence-electron chi connectivity index (χ1n) is 16.0. The smallest absolute Gasteiger partial charge is 0.165 e. The first-order chi connectivity index (χ1) is 22.3. The Hall–Kier alpha value is -5.41. The zero-order valence-electron chi connectivity index (χ0n) is 26.5. The minimum atomic E-state index is -0.149. The van der Waals surface area contributed by atoms with Gasteiger partial charge in [-0.15, -0.1) is 0 Å². The molecule has 220 valence electrons. The molecule has 2 aliphatic rings. The molecule has 0 bridgehead atoms. The van der Waals surface area contributed by atoms with Crippen LogP contribution in [0.25, 0.3) is 67.2 Å². The lowest BCUT2D eigenvalue weighted by atomic mass is 9.81. The Balaban J connectivity index is 1.34. The normalized spacial score (nSPS) is 14.9. The highest BCUT2D eigenvalue weighted by Gasteiger charge is 2.39. The lowest BCUT2D eigenvalue weighted by Gasteiger charge is -2.23. The van der Waals surface area contributed by atoms with Crippen LogP contribution in [0.4, 0.5) is 0 Å². The zero-order valence-corrected chi connectivity index (χ0v) is 26.5. The van der Waals surface area contributed by atoms with Gasteiger partial charge in [0.1, 0.15) is 0 Å². The average Bonchev–Trinajstić information content (AvgIpc) is 3.46. The first-order valence-corrected chi connectivity index (χ1v) is 16.0. The second-order valence-corrected chi connectivity index (χ2v) is 13.7. The SMILES string of the molecule is CC1(C)c2ccccc2-c2ccc(-c3nc(-c4ccccc4)nc(-c4c5c(cc6ccccc46)C(C)(C)c4ccccc4-5)n3)cc21. The first kappa shape index (κ1) is 26.9. The average molecular weight is 592 g/mol. The van der Waals surface area contributed by atoms with E-state index in [2.05, 4.69) is 137 Å². The van der Waals surface area contributed by atoms with Crippen LogP contribution in [0.1, 0.15) is 49.9 Å². The summed E-state index contributed by atoms with van der Waals surface area (Å²) in [4.78, 5) is 15.8. The van der Waals surface area contributed by atoms with E-state index in [9.17, 15) is 0 Å². The maximum atomic E-state index is 5.35. The van der Waals surface area contributed by atoms with Crippen molar-refractivity contribution in [1.29, 1.82) is 0 Å². The van der Waals surface area contributed by atoms with Gasteiger partial charge in [0.25, 0.3) is 0 Å². The molecule has 0 aliphatic heterocycles. The number of hydrogen-bond acceptors (Lipinski definition) is 3. The molecule has 3 nitrogen and oxygen atoms in total. The van der Waals surface area contributed by atoms with E-state index in [4.69, 9.17) is 15.0 Å². The van der Waals surface area contributed by atoms with Crippen molar-refractivity contribution in [2.24, 2.45) is 0 Å². The molecule has 0 saturated heterocycles. The number of nitrogens with zero attached hydrogens (tertiary/aromatic N) is 3. The molecule has 1 heterocycles. The van der Waals surface area contributed by atoms with Crippen molar-refractivity contribution in [3.05, 3.63) is 150 Å². The number of hydrogen-bond donors (Lipinski definition) is 0. The molecule has 0 amide bonds. The van der Waals surface area contributed by atoms with Crippen LogP contribution in [0.5, 0.6) is 0 Å². The summed E-state index contributed by atoms with van der Waals surface area (Å²) in [5.74, 6) is 2.06. The minimum Gasteiger partial charge on any atom is -0.208 e. The Kier molecular flexibility index (Phi) is 5.59. The topological polar surface area (TPSA) is 38.7 Å². The summed E-state index contributed by atoms with van der Waals surface area (Å²) < 4.78 is 0. The van der Waals surface area contributed by atoms with E-state index in [1.807, 2.05) is 18.2 Å². The van der Waals surface area contributed by atoms with E-state index in [0.29, 0.717) is 17.5 Å². The van der Waals surface area contributed by atoms with Gasteiger partial charge < -0.3 is 0 Å². The summed E-state index contributed by atoms with van der Waals surface area (Å²) in [5.41, 5.74) is 13.1. The Labute approximate surface area is 269 Å². The fourth-order valence-corrected chi connectivity index (χ4v) is 7.92. The highest BCUT2D eigenvalue weighted by molar-refractivity contribution is 6.07. The quantitative estimate of drug-likeness (QED) is 0.205. The van der Waals surface area contributed by atoms with Gasteiger partial charge in [0.15, 0.2) is 17.5 Å². The van der Waals surface area contributed by atoms with Gasteiger partial charge in [-0.3, -0.25) is 0 Å². The van der Waals surface area contributed by atoms with Gasteiger partial charge in [-0.05, 0) is 67.4 Å². The fourth-order valence-electron chi connectivity index (χ4n) is 7.92. The van der Waals surface area contributed by atoms with Crippen LogP contribution < -0.4 is 0 Å². The van der Waals surface area contributed by atoms with Crippen molar-refractivity contribution >= 4 is 10.8 Å². The van der Waals surface area contributed by atoms with Crippen LogP contribution in [-0.4, -0.2) is 15.0 Å². The van der Waals surface area contributed by atoms with Crippen LogP contribution in [0.15, 0.2) is 127 Å². The third-order valence-corrected chi connectivity index (χ3v) is 10.3. The van der Waals surface area contributed by atoms with Crippen LogP contribution in [0, 0.1) is 0 Å². The van der Waals surface area contributed by atoms with Gasteiger partial charge in [-0.1, -0.05) is 143 Å². The molecular weight excluding hydrogens is 558 g/mol. The fraction of sp³-hybridized carbons (Fsp3) is 0.140. The number of fused-ring (bicyclic) bond motifs is 7. The Morgan fingerprint density at radius 2 is 0.957 bits per heavy atom. The summed E-state index contributed by atoms with van der Waals surface area (Å²) in [6, 6.07) is 45.6. The van der Waals surface area contributed by atoms with E-state index in [1.54, 1.807) is 0 Å². The zero-order chi connectivity index (χ0) is 31.2. The Morgan fingerprint density at radius 1 is 0.391 bits per heavy atom. The van der Waals surface area contributed by atoms with E-state index >= 15 is 0 Å². The van der Waals surface area contributed by atoms with Gasteiger partial charge in [-0.25, -0.2) is 15.0 Å². The largest absolute Gasteiger partial charge is 0.208 e. The summed E-state index contributed by atoms with van der Waals surface area (Å²) in [6.07, 6.45) is 0. The highest BCUT2D eigenvalue weighted by atomic mass is 15.0. The second kappa shape index (κ2) is 9.55. The highest BCUT2D eigenvalue weighted by Crippen LogP contribution is 2.54. The number of rotatable bonds is 3. The maximum Gasteiger partial charge on any atom is 0.165 e. The van der Waals surface area contributed by atoms with Crippen molar-refractivity contribution < 1.29 is 0 Å². The van der Waals surface area contributed by atoms with Crippen molar-refractivity contribution in [3.8, 4) is 56.4 Å². The van der Waals surface area contributed by atoms with E-state index in [-0.39, 0.29) is 10.8 Å². The van der Waals surface area contributed by atoms with Crippen LogP contribution in [-0.2, 0) is 10.8 Å². The molecule has 7 aromatic rings. The van der Waals surface area contributed by atoms with E-state index in [1.165, 1.54) is 49.9 Å². The van der Waals surface area contributed by atoms with Gasteiger partial charge >= 0.3 is 0 Å². The van der Waals surface area contributed by atoms with Crippen molar-refractivity contribution in [2.45, 2.75) is 38.5 Å². The minimum absolute atomic E-state index is 0.119. The summed E-state index contributed by atoms with van der Waals surface area (Å²) in [6.45, 7) is 9.28. The molecule has 0 unspecified atom stereocenters. The molecular formula is C43H33N3. The summed E-state index contributed by atoms with van der Waals surface area (Å²) in [7, 11) is 0. The molecule has 46 heavy (non-hydrogen) atoms. The third kappa shape index (κ3) is 3.75. The lowest BCUT2D eigenvalue weighted by Crippen LogP contribution is -2.15. The molecule has 0 spiro atoms. The summed E-state index contributed by atoms with van der Waals surface area (Å²) >= 11 is 0. The molecule has 0 fully saturated rings. The molecule has 0 atom stereocenters. The molecule has 9 rings (SSSR count). The summed E-state index contributed by atoms with van der Waals surface area (Å²) in [5, 5.41) is 2.34. The Bertz CT molecular complexity index is 2370. The van der Waals surface area contributed by atoms with Gasteiger partial charge in [0, 0.05) is 27.5 Å². The van der Waals surface area contributed by atoms with Gasteiger partial charge in [-0.2, -0.15) is 0 Å². The predicted molar refractivity (Wildman–Crippen MR) is 189 cm³/mol. The predicted octanol–water partition coefficient (Wildman–Crippen LogP) is 10.6. The van der Waals surface area contributed by atoms with Crippen molar-refractivity contribution in [2.75, 3.05) is 0 Å². The molecule has 6 aromatic carbocycles. The van der Waals surface area contributed by atoms with Crippen molar-refractivity contribution in [1.82, 2.24) is 15.0 Å². The number of benzene rings is 6. The molecule has 0 saturated carbocycles. The molecule has 1 aromatic heterocycles. The Morgan fingerprint density at radius 3 is 1.74 bits per heavy atom. The second-order valence-electron chi connectivity index (χ2n) is 13.7. The van der Waals surface area contributed by atoms with Crippen LogP contribution in [0.3, 0.4) is 0 Å². The van der Waals surface area contributed by atoms with Gasteiger partial charge in [0.05, 0.1) is 0 Å². The molecule has 2 aliphatic carbocycles. The molecule has 0 radical (unpaired) electrons. The van der Waals surface area contributed by atoms with E-state index < -0.39 is 0 Å². The third-order valence-electron chi connectivity index (χ3n) is 10.3. The maximum absolute atomic E-state index is 5.35. The van der Waals surface area contributed by atoms with Crippen LogP contribution >= 0.6 is 0 Å². The number of aromatic nitrogens is 3. The monoisotopic (exact) mass is 591 g/mol. The standard InChI is InChI=1S/C43H33N3/c1-42(2)33-20-12-10-18-30(33)31-23-22-28(25-35(31)42)40-44-39(26-14-6-5-7-15-26)45-41(46-40)38-29-17-9-8-16-27(29)24-36-37(38)32-19-11-13-21-34(32)43(36,3)4/h5-25H,1-4H3. The lowest BCUT2D eigenvalue weighted by molar-refractivity contribution is 0.660. The van der Waals surface area contributed by atoms with Crippen molar-refractivity contribution in [3.63, 3.8) is 0 Å². The van der Waals surface area contributed by atoms with Crippen LogP contribution in [0.2, 0.25) is 0 Å². The van der Waals surface area contributed by atoms with Gasteiger partial charge in [0.2, 0.25) is 0 Å². The van der Waals surface area contributed by atoms with E-state index in [0.717, 1.165) is 22.1 Å².